The highest BCUT2D eigenvalue weighted by Crippen LogP contribution is 2.64. The first kappa shape index (κ1) is 30.4. The molecule has 55 heavy (non-hydrogen) atoms. The summed E-state index contributed by atoms with van der Waals surface area (Å²) in [5, 5.41) is 7.47. The Morgan fingerprint density at radius 1 is 0.327 bits per heavy atom. The van der Waals surface area contributed by atoms with E-state index in [4.69, 9.17) is 4.98 Å². The largest absolute Gasteiger partial charge is 0.247 e. The van der Waals surface area contributed by atoms with Crippen molar-refractivity contribution in [1.82, 2.24) is 4.98 Å². The molecule has 2 aliphatic carbocycles. The Bertz CT molecular complexity index is 3150. The molecule has 10 aromatic rings. The van der Waals surface area contributed by atoms with Crippen molar-refractivity contribution < 1.29 is 0 Å². The summed E-state index contributed by atoms with van der Waals surface area (Å²) in [6.45, 7) is 0. The summed E-state index contributed by atoms with van der Waals surface area (Å²) in [4.78, 5) is 5.74. The minimum absolute atomic E-state index is 0.517. The molecule has 0 bridgehead atoms. The second kappa shape index (κ2) is 11.5. The van der Waals surface area contributed by atoms with Crippen LogP contribution in [0.25, 0.3) is 88.2 Å². The molecule has 2 aliphatic rings. The Morgan fingerprint density at radius 2 is 0.909 bits per heavy atom. The van der Waals surface area contributed by atoms with Gasteiger partial charge in [0.25, 0.3) is 0 Å². The van der Waals surface area contributed by atoms with Crippen molar-refractivity contribution in [3.05, 3.63) is 222 Å². The van der Waals surface area contributed by atoms with Crippen LogP contribution in [0.2, 0.25) is 0 Å². The predicted octanol–water partition coefficient (Wildman–Crippen LogP) is 13.9. The highest BCUT2D eigenvalue weighted by Gasteiger charge is 2.53. The number of nitrogens with zero attached hydrogens (tertiary/aromatic N) is 1. The molecule has 1 spiro atoms. The fraction of sp³-hybridized carbons (Fsp3) is 0.0185. The molecule has 0 N–H and O–H groups in total. The number of aromatic nitrogens is 1. The van der Waals surface area contributed by atoms with Gasteiger partial charge in [0.15, 0.2) is 0 Å². The molecule has 0 atom stereocenters. The highest BCUT2D eigenvalue weighted by atomic mass is 14.8. The van der Waals surface area contributed by atoms with Crippen LogP contribution in [0.15, 0.2) is 200 Å². The van der Waals surface area contributed by atoms with Crippen molar-refractivity contribution in [2.45, 2.75) is 5.41 Å². The molecule has 1 nitrogen and oxygen atoms in total. The normalized spacial score (nSPS) is 13.2. The minimum Gasteiger partial charge on any atom is -0.247 e. The van der Waals surface area contributed by atoms with Gasteiger partial charge < -0.3 is 0 Å². The summed E-state index contributed by atoms with van der Waals surface area (Å²) >= 11 is 0. The number of hydrogen-bond donors (Lipinski definition) is 0. The van der Waals surface area contributed by atoms with Crippen LogP contribution in [0.1, 0.15) is 22.3 Å². The quantitative estimate of drug-likeness (QED) is 0.168. The van der Waals surface area contributed by atoms with Crippen LogP contribution < -0.4 is 0 Å². The lowest BCUT2D eigenvalue weighted by atomic mass is 9.70. The lowest BCUT2D eigenvalue weighted by molar-refractivity contribution is 0.792. The summed E-state index contributed by atoms with van der Waals surface area (Å²) in [5.74, 6) is 0. The molecule has 9 aromatic carbocycles. The first-order valence-electron chi connectivity index (χ1n) is 19.1. The molecule has 0 saturated carbocycles. The van der Waals surface area contributed by atoms with Crippen LogP contribution >= 0.6 is 0 Å². The molecule has 0 fully saturated rings. The predicted molar refractivity (Wildman–Crippen MR) is 229 cm³/mol. The number of benzene rings is 9. The number of fused-ring (bicyclic) bond motifs is 14. The van der Waals surface area contributed by atoms with E-state index in [9.17, 15) is 0 Å². The molecule has 0 unspecified atom stereocenters. The monoisotopic (exact) mass is 695 g/mol. The highest BCUT2D eigenvalue weighted by molar-refractivity contribution is 6.26. The van der Waals surface area contributed by atoms with Crippen LogP contribution in [-0.4, -0.2) is 4.98 Å². The maximum atomic E-state index is 5.74. The molecule has 1 heteroatoms. The Balaban J connectivity index is 1.31. The maximum Gasteiger partial charge on any atom is 0.0767 e. The van der Waals surface area contributed by atoms with E-state index < -0.39 is 5.41 Å². The molecule has 0 saturated heterocycles. The molecular formula is C54H33N. The number of rotatable bonds is 3. The molecule has 12 rings (SSSR count). The van der Waals surface area contributed by atoms with E-state index in [0.717, 1.165) is 17.0 Å². The van der Waals surface area contributed by atoms with Gasteiger partial charge in [-0.2, -0.15) is 0 Å². The van der Waals surface area contributed by atoms with E-state index in [0.29, 0.717) is 0 Å². The van der Waals surface area contributed by atoms with Crippen LogP contribution in [0.5, 0.6) is 0 Å². The fourth-order valence-electron chi connectivity index (χ4n) is 10.1. The van der Waals surface area contributed by atoms with E-state index in [-0.39, 0.29) is 0 Å². The average Bonchev–Trinajstić information content (AvgIpc) is 3.73. The summed E-state index contributed by atoms with van der Waals surface area (Å²) in [6.07, 6.45) is 0. The topological polar surface area (TPSA) is 12.9 Å². The van der Waals surface area contributed by atoms with Crippen molar-refractivity contribution >= 4 is 32.3 Å². The Labute approximate surface area is 319 Å². The van der Waals surface area contributed by atoms with E-state index >= 15 is 0 Å². The lowest BCUT2D eigenvalue weighted by Gasteiger charge is -2.30. The van der Waals surface area contributed by atoms with Crippen molar-refractivity contribution in [3.8, 4) is 55.9 Å². The smallest absolute Gasteiger partial charge is 0.0767 e. The zero-order valence-corrected chi connectivity index (χ0v) is 30.0. The Kier molecular flexibility index (Phi) is 6.33. The summed E-state index contributed by atoms with van der Waals surface area (Å²) < 4.78 is 0. The van der Waals surface area contributed by atoms with Crippen LogP contribution in [0.3, 0.4) is 0 Å². The maximum absolute atomic E-state index is 5.74. The van der Waals surface area contributed by atoms with Gasteiger partial charge in [-0.3, -0.25) is 0 Å². The molecule has 0 amide bonds. The van der Waals surface area contributed by atoms with E-state index in [1.54, 1.807) is 0 Å². The van der Waals surface area contributed by atoms with E-state index in [1.165, 1.54) is 93.5 Å². The summed E-state index contributed by atoms with van der Waals surface area (Å²) in [5.41, 5.74) is 16.6. The molecule has 1 heterocycles. The molecule has 1 aromatic heterocycles. The standard InChI is InChI=1S/C54H33N/c1-3-16-35(17-4-1)48-32-31-47-53(55-48)52-46(54(47)44-25-13-11-21-39(44)40-22-12-14-26-45(40)54)30-29-43-49(38-28-27-34-15-7-8-20-37(34)33-38)41-23-9-10-24-42(41)50(51(43)52)36-18-5-2-6-19-36/h1-33H. The van der Waals surface area contributed by atoms with Crippen LogP contribution in [0, 0.1) is 0 Å². The van der Waals surface area contributed by atoms with E-state index in [2.05, 4.69) is 200 Å². The number of pyridine rings is 1. The van der Waals surface area contributed by atoms with Gasteiger partial charge >= 0.3 is 0 Å². The fourth-order valence-corrected chi connectivity index (χ4v) is 10.1. The van der Waals surface area contributed by atoms with Gasteiger partial charge in [0.1, 0.15) is 0 Å². The number of hydrogen-bond acceptors (Lipinski definition) is 1. The molecule has 0 radical (unpaired) electrons. The third-order valence-corrected chi connectivity index (χ3v) is 12.3. The van der Waals surface area contributed by atoms with E-state index in [1.807, 2.05) is 0 Å². The second-order valence-corrected chi connectivity index (χ2v) is 14.9. The average molecular weight is 696 g/mol. The van der Waals surface area contributed by atoms with Gasteiger partial charge in [-0.25, -0.2) is 4.98 Å². The summed E-state index contributed by atoms with van der Waals surface area (Å²) in [7, 11) is 0. The first-order chi connectivity index (χ1) is 27.3. The second-order valence-electron chi connectivity index (χ2n) is 14.9. The van der Waals surface area contributed by atoms with Gasteiger partial charge in [0.2, 0.25) is 0 Å². The van der Waals surface area contributed by atoms with Gasteiger partial charge in [-0.05, 0) is 94.7 Å². The summed E-state index contributed by atoms with van der Waals surface area (Å²) in [6, 6.07) is 73.8. The Morgan fingerprint density at radius 3 is 1.64 bits per heavy atom. The van der Waals surface area contributed by atoms with Gasteiger partial charge in [-0.1, -0.05) is 188 Å². The molecule has 254 valence electrons. The van der Waals surface area contributed by atoms with Gasteiger partial charge in [-0.15, -0.1) is 0 Å². The third kappa shape index (κ3) is 4.10. The zero-order chi connectivity index (χ0) is 36.1. The van der Waals surface area contributed by atoms with Gasteiger partial charge in [0, 0.05) is 16.5 Å². The van der Waals surface area contributed by atoms with Crippen molar-refractivity contribution in [2.75, 3.05) is 0 Å². The Hall–Kier alpha value is -7.09. The zero-order valence-electron chi connectivity index (χ0n) is 30.0. The van der Waals surface area contributed by atoms with Crippen molar-refractivity contribution in [1.29, 1.82) is 0 Å². The minimum atomic E-state index is -0.517. The van der Waals surface area contributed by atoms with Crippen LogP contribution in [-0.2, 0) is 5.41 Å². The SMILES string of the molecule is c1ccc(-c2ccc3c(n2)-c2c(ccc4c(-c5ccc6ccccc6c5)c5ccccc5c(-c5ccccc5)c24)C32c3ccccc3-c3ccccc32)cc1. The van der Waals surface area contributed by atoms with Crippen molar-refractivity contribution in [3.63, 3.8) is 0 Å². The van der Waals surface area contributed by atoms with Crippen LogP contribution in [0.4, 0.5) is 0 Å². The van der Waals surface area contributed by atoms with Gasteiger partial charge in [0.05, 0.1) is 16.8 Å². The lowest BCUT2D eigenvalue weighted by Crippen LogP contribution is -2.25. The third-order valence-electron chi connectivity index (χ3n) is 12.3. The molecular weight excluding hydrogens is 663 g/mol. The molecule has 0 aliphatic heterocycles. The van der Waals surface area contributed by atoms with Crippen molar-refractivity contribution in [2.24, 2.45) is 0 Å². The first-order valence-corrected chi connectivity index (χ1v) is 19.1.